The molecule has 4 fully saturated rings. The molecule has 4 bridgehead atoms. The zero-order chi connectivity index (χ0) is 17.8. The molecule has 2 unspecified atom stereocenters. The van der Waals surface area contributed by atoms with Crippen LogP contribution in [0.2, 0.25) is 5.02 Å². The number of hydrogen-bond acceptors (Lipinski definition) is 2. The van der Waals surface area contributed by atoms with Crippen molar-refractivity contribution >= 4 is 17.4 Å². The normalized spacial score (nSPS) is 36.5. The molecule has 0 saturated heterocycles. The molecule has 1 aromatic rings. The molecule has 0 aromatic heterocycles. The molecule has 0 amide bonds. The fourth-order valence-electron chi connectivity index (χ4n) is 5.78. The topological polar surface area (TPSA) is 56.1 Å². The van der Waals surface area contributed by atoms with Crippen molar-refractivity contribution in [2.24, 2.45) is 23.2 Å². The van der Waals surface area contributed by atoms with Gasteiger partial charge in [-0.1, -0.05) is 37.6 Å². The smallest absolute Gasteiger partial charge is 0.0995 e. The summed E-state index contributed by atoms with van der Waals surface area (Å²) >= 11 is 5.98. The Labute approximate surface area is 155 Å². The van der Waals surface area contributed by atoms with Crippen molar-refractivity contribution in [2.45, 2.75) is 64.0 Å². The van der Waals surface area contributed by atoms with Gasteiger partial charge in [-0.3, -0.25) is 5.41 Å². The van der Waals surface area contributed by atoms with Crippen molar-refractivity contribution in [1.82, 2.24) is 5.32 Å². The molecule has 1 aromatic carbocycles. The predicted octanol–water partition coefficient (Wildman–Crippen LogP) is 4.42. The Bertz CT molecular complexity index is 653. The summed E-state index contributed by atoms with van der Waals surface area (Å²) in [5.74, 6) is 2.40. The molecule has 0 aliphatic heterocycles. The fourth-order valence-corrected chi connectivity index (χ4v) is 5.91. The van der Waals surface area contributed by atoms with E-state index in [4.69, 9.17) is 17.0 Å². The molecule has 0 radical (unpaired) electrons. The number of amidine groups is 1. The van der Waals surface area contributed by atoms with Gasteiger partial charge in [-0.05, 0) is 74.0 Å². The molecule has 4 aliphatic rings. The van der Waals surface area contributed by atoms with Crippen molar-refractivity contribution in [2.75, 3.05) is 0 Å². The molecular formula is C21H29ClN2O. The Morgan fingerprint density at radius 2 is 1.80 bits per heavy atom. The van der Waals surface area contributed by atoms with Crippen LogP contribution in [0.25, 0.3) is 0 Å². The number of rotatable bonds is 4. The third-order valence-corrected chi connectivity index (χ3v) is 7.04. The van der Waals surface area contributed by atoms with E-state index < -0.39 is 5.60 Å². The van der Waals surface area contributed by atoms with Crippen LogP contribution in [0.3, 0.4) is 0 Å². The van der Waals surface area contributed by atoms with E-state index in [1.165, 1.54) is 18.4 Å². The van der Waals surface area contributed by atoms with Gasteiger partial charge in [-0.15, -0.1) is 0 Å². The van der Waals surface area contributed by atoms with Gasteiger partial charge in [0.05, 0.1) is 11.4 Å². The molecule has 4 saturated carbocycles. The molecule has 0 spiro atoms. The van der Waals surface area contributed by atoms with Gasteiger partial charge in [-0.25, -0.2) is 0 Å². The lowest BCUT2D eigenvalue weighted by Crippen LogP contribution is -2.62. The first-order valence-corrected chi connectivity index (χ1v) is 9.94. The summed E-state index contributed by atoms with van der Waals surface area (Å²) < 4.78 is 0. The van der Waals surface area contributed by atoms with Crippen LogP contribution in [-0.4, -0.2) is 22.6 Å². The molecule has 2 atom stereocenters. The lowest BCUT2D eigenvalue weighted by atomic mass is 9.52. The second-order valence-electron chi connectivity index (χ2n) is 9.43. The summed E-state index contributed by atoms with van der Waals surface area (Å²) in [5, 5.41) is 23.8. The average Bonchev–Trinajstić information content (AvgIpc) is 2.51. The summed E-state index contributed by atoms with van der Waals surface area (Å²) in [6.07, 6.45) is 6.12. The predicted molar refractivity (Wildman–Crippen MR) is 102 cm³/mol. The maximum absolute atomic E-state index is 10.7. The first-order chi connectivity index (χ1) is 11.7. The maximum atomic E-state index is 10.7. The number of nitrogens with one attached hydrogen (secondary N) is 2. The van der Waals surface area contributed by atoms with Crippen LogP contribution in [0, 0.1) is 28.6 Å². The summed E-state index contributed by atoms with van der Waals surface area (Å²) in [6.45, 7) is 4.28. The minimum Gasteiger partial charge on any atom is -0.390 e. The van der Waals surface area contributed by atoms with E-state index in [0.29, 0.717) is 29.6 Å². The summed E-state index contributed by atoms with van der Waals surface area (Å²) in [7, 11) is 0. The second-order valence-corrected chi connectivity index (χ2v) is 9.86. The highest BCUT2D eigenvalue weighted by Gasteiger charge is 2.55. The molecule has 3 N–H and O–H groups in total. The van der Waals surface area contributed by atoms with Gasteiger partial charge in [0.15, 0.2) is 0 Å². The van der Waals surface area contributed by atoms with Crippen LogP contribution in [-0.2, 0) is 6.42 Å². The zero-order valence-electron chi connectivity index (χ0n) is 15.2. The lowest BCUT2D eigenvalue weighted by Gasteiger charge is -2.58. The minimum atomic E-state index is -0.407. The Kier molecular flexibility index (Phi) is 4.16. The van der Waals surface area contributed by atoms with Crippen molar-refractivity contribution < 1.29 is 5.11 Å². The van der Waals surface area contributed by atoms with Gasteiger partial charge in [-0.2, -0.15) is 0 Å². The van der Waals surface area contributed by atoms with Crippen LogP contribution in [0.1, 0.15) is 51.5 Å². The average molecular weight is 361 g/mol. The van der Waals surface area contributed by atoms with Crippen LogP contribution >= 0.6 is 11.6 Å². The number of hydrogen-bond donors (Lipinski definition) is 3. The zero-order valence-corrected chi connectivity index (χ0v) is 15.9. The third kappa shape index (κ3) is 3.33. The van der Waals surface area contributed by atoms with Crippen LogP contribution in [0.4, 0.5) is 0 Å². The monoisotopic (exact) mass is 360 g/mol. The first-order valence-electron chi connectivity index (χ1n) is 9.56. The minimum absolute atomic E-state index is 0.237. The summed E-state index contributed by atoms with van der Waals surface area (Å²) in [5.41, 5.74) is 0.565. The molecule has 136 valence electrons. The first kappa shape index (κ1) is 17.4. The third-order valence-electron chi connectivity index (χ3n) is 6.79. The van der Waals surface area contributed by atoms with E-state index in [0.717, 1.165) is 30.7 Å². The Morgan fingerprint density at radius 1 is 1.20 bits per heavy atom. The molecule has 3 nitrogen and oxygen atoms in total. The van der Waals surface area contributed by atoms with Crippen LogP contribution in [0.5, 0.6) is 0 Å². The van der Waals surface area contributed by atoms with Crippen LogP contribution < -0.4 is 5.32 Å². The van der Waals surface area contributed by atoms with Gasteiger partial charge in [0.25, 0.3) is 0 Å². The Morgan fingerprint density at radius 3 is 2.36 bits per heavy atom. The molecule has 0 heterocycles. The SMILES string of the molecule is CC(C)(Cc1ccc(Cl)cc1)C(=N)NC1C2CC3CC1CC(O)(C3)C2. The van der Waals surface area contributed by atoms with Gasteiger partial charge in [0, 0.05) is 16.5 Å². The van der Waals surface area contributed by atoms with Crippen molar-refractivity contribution in [3.8, 4) is 0 Å². The standard InChI is InChI=1S/C21H29ClN2O/c1-20(2,9-13-3-5-17(22)6-4-13)19(23)24-18-15-7-14-8-16(18)12-21(25,10-14)11-15/h3-6,14-16,18,25H,7-12H2,1-2H3,(H2,23,24). The Hall–Kier alpha value is -1.06. The van der Waals surface area contributed by atoms with E-state index in [2.05, 4.69) is 31.3 Å². The number of aliphatic hydroxyl groups is 1. The molecular weight excluding hydrogens is 332 g/mol. The summed E-state index contributed by atoms with van der Waals surface area (Å²) in [6, 6.07) is 8.31. The number of benzene rings is 1. The highest BCUT2D eigenvalue weighted by Crippen LogP contribution is 2.55. The number of halogens is 1. The Balaban J connectivity index is 1.43. The molecule has 4 aliphatic carbocycles. The van der Waals surface area contributed by atoms with E-state index in [1.807, 2.05) is 12.1 Å². The van der Waals surface area contributed by atoms with E-state index in [-0.39, 0.29) is 5.41 Å². The second kappa shape index (κ2) is 5.99. The van der Waals surface area contributed by atoms with Crippen molar-refractivity contribution in [1.29, 1.82) is 5.41 Å². The quantitative estimate of drug-likeness (QED) is 0.550. The van der Waals surface area contributed by atoms with Gasteiger partial charge < -0.3 is 10.4 Å². The van der Waals surface area contributed by atoms with Gasteiger partial charge >= 0.3 is 0 Å². The van der Waals surface area contributed by atoms with E-state index >= 15 is 0 Å². The highest BCUT2D eigenvalue weighted by molar-refractivity contribution is 6.30. The molecule has 4 heteroatoms. The summed E-state index contributed by atoms with van der Waals surface area (Å²) in [4.78, 5) is 0. The maximum Gasteiger partial charge on any atom is 0.0995 e. The molecule has 5 rings (SSSR count). The molecule has 25 heavy (non-hydrogen) atoms. The largest absolute Gasteiger partial charge is 0.390 e. The van der Waals surface area contributed by atoms with Crippen molar-refractivity contribution in [3.63, 3.8) is 0 Å². The highest BCUT2D eigenvalue weighted by atomic mass is 35.5. The van der Waals surface area contributed by atoms with E-state index in [1.54, 1.807) is 0 Å². The van der Waals surface area contributed by atoms with Crippen molar-refractivity contribution in [3.05, 3.63) is 34.9 Å². The fraction of sp³-hybridized carbons (Fsp3) is 0.667. The lowest BCUT2D eigenvalue weighted by molar-refractivity contribution is -0.136. The van der Waals surface area contributed by atoms with E-state index in [9.17, 15) is 5.11 Å². The van der Waals surface area contributed by atoms with Gasteiger partial charge in [0.2, 0.25) is 0 Å². The van der Waals surface area contributed by atoms with Gasteiger partial charge in [0.1, 0.15) is 0 Å². The van der Waals surface area contributed by atoms with Crippen LogP contribution in [0.15, 0.2) is 24.3 Å².